The number of rotatable bonds is 2. The largest absolute Gasteiger partial charge is 0.398 e. The molecule has 0 unspecified atom stereocenters. The molecule has 2 aromatic rings. The highest BCUT2D eigenvalue weighted by atomic mass is 79.9. The van der Waals surface area contributed by atoms with Gasteiger partial charge >= 0.3 is 0 Å². The van der Waals surface area contributed by atoms with Gasteiger partial charge in [-0.1, -0.05) is 15.9 Å². The first kappa shape index (κ1) is 14.6. The van der Waals surface area contributed by atoms with E-state index in [1.165, 1.54) is 0 Å². The van der Waals surface area contributed by atoms with Crippen molar-refractivity contribution in [1.29, 1.82) is 5.26 Å². The predicted molar refractivity (Wildman–Crippen MR) is 85.4 cm³/mol. The van der Waals surface area contributed by atoms with Crippen LogP contribution in [0.4, 0.5) is 11.4 Å². The topological polar surface area (TPSA) is 78.9 Å². The smallest absolute Gasteiger partial charge is 0.255 e. The molecule has 2 rings (SSSR count). The molecular formula is C14H9Br2N3O. The van der Waals surface area contributed by atoms with E-state index in [0.717, 1.165) is 4.47 Å². The maximum Gasteiger partial charge on any atom is 0.255 e. The second-order valence-corrected chi connectivity index (χ2v) is 5.76. The molecule has 2 aromatic carbocycles. The number of carbonyl (C=O) groups excluding carboxylic acids is 1. The SMILES string of the molecule is N#Cc1cc(Br)ccc1NC(=O)c1ccc(N)c(Br)c1. The third-order valence-corrected chi connectivity index (χ3v) is 3.79. The molecule has 20 heavy (non-hydrogen) atoms. The van der Waals surface area contributed by atoms with Crippen LogP contribution in [-0.4, -0.2) is 5.91 Å². The van der Waals surface area contributed by atoms with Crippen molar-refractivity contribution in [3.63, 3.8) is 0 Å². The minimum absolute atomic E-state index is 0.301. The molecule has 0 heterocycles. The number of carbonyl (C=O) groups is 1. The lowest BCUT2D eigenvalue weighted by Gasteiger charge is -2.08. The molecular weight excluding hydrogens is 386 g/mol. The Hall–Kier alpha value is -1.84. The van der Waals surface area contributed by atoms with Crippen LogP contribution in [0.5, 0.6) is 0 Å². The second-order valence-electron chi connectivity index (χ2n) is 3.99. The summed E-state index contributed by atoms with van der Waals surface area (Å²) < 4.78 is 1.43. The molecule has 0 aromatic heterocycles. The number of nitrogens with zero attached hydrogens (tertiary/aromatic N) is 1. The predicted octanol–water partition coefficient (Wildman–Crippen LogP) is 3.92. The maximum absolute atomic E-state index is 12.1. The Morgan fingerprint density at radius 3 is 2.60 bits per heavy atom. The summed E-state index contributed by atoms with van der Waals surface area (Å²) in [7, 11) is 0. The van der Waals surface area contributed by atoms with Gasteiger partial charge in [0.15, 0.2) is 0 Å². The summed E-state index contributed by atoms with van der Waals surface area (Å²) >= 11 is 6.56. The highest BCUT2D eigenvalue weighted by Gasteiger charge is 2.10. The Bertz CT molecular complexity index is 723. The van der Waals surface area contributed by atoms with Crippen LogP contribution in [0.3, 0.4) is 0 Å². The Kier molecular flexibility index (Phi) is 4.42. The molecule has 0 radical (unpaired) electrons. The summed E-state index contributed by atoms with van der Waals surface area (Å²) in [6.45, 7) is 0. The van der Waals surface area contributed by atoms with E-state index in [2.05, 4.69) is 37.2 Å². The van der Waals surface area contributed by atoms with E-state index in [4.69, 9.17) is 11.0 Å². The Labute approximate surface area is 132 Å². The van der Waals surface area contributed by atoms with Gasteiger partial charge in [-0.3, -0.25) is 4.79 Å². The van der Waals surface area contributed by atoms with Gasteiger partial charge in [-0.05, 0) is 52.3 Å². The summed E-state index contributed by atoms with van der Waals surface area (Å²) in [6, 6.07) is 12.0. The minimum atomic E-state index is -0.301. The molecule has 0 atom stereocenters. The van der Waals surface area contributed by atoms with Crippen molar-refractivity contribution in [2.24, 2.45) is 0 Å². The number of nitrogens with two attached hydrogens (primary N) is 1. The average Bonchev–Trinajstić information content (AvgIpc) is 2.43. The third kappa shape index (κ3) is 3.18. The summed E-state index contributed by atoms with van der Waals surface area (Å²) in [4.78, 5) is 12.1. The molecule has 6 heteroatoms. The van der Waals surface area contributed by atoms with Crippen LogP contribution in [0, 0.1) is 11.3 Å². The van der Waals surface area contributed by atoms with Crippen LogP contribution in [0.1, 0.15) is 15.9 Å². The number of anilines is 2. The van der Waals surface area contributed by atoms with E-state index in [-0.39, 0.29) is 5.91 Å². The van der Waals surface area contributed by atoms with Gasteiger partial charge in [0.25, 0.3) is 5.91 Å². The molecule has 1 amide bonds. The lowest BCUT2D eigenvalue weighted by Crippen LogP contribution is -2.13. The van der Waals surface area contributed by atoms with Crippen LogP contribution >= 0.6 is 31.9 Å². The molecule has 0 fully saturated rings. The molecule has 0 aliphatic heterocycles. The fourth-order valence-electron chi connectivity index (χ4n) is 1.58. The normalized spacial score (nSPS) is 9.85. The van der Waals surface area contributed by atoms with Gasteiger partial charge < -0.3 is 11.1 Å². The number of hydrogen-bond acceptors (Lipinski definition) is 3. The molecule has 0 saturated carbocycles. The van der Waals surface area contributed by atoms with Gasteiger partial charge in [0.1, 0.15) is 6.07 Å². The molecule has 100 valence electrons. The number of nitrogen functional groups attached to an aromatic ring is 1. The first-order valence-corrected chi connectivity index (χ1v) is 7.16. The van der Waals surface area contributed by atoms with Crippen molar-refractivity contribution in [2.75, 3.05) is 11.1 Å². The third-order valence-electron chi connectivity index (χ3n) is 2.61. The van der Waals surface area contributed by atoms with Crippen LogP contribution in [0.2, 0.25) is 0 Å². The maximum atomic E-state index is 12.1. The molecule has 0 aliphatic carbocycles. The molecule has 3 N–H and O–H groups in total. The standard InChI is InChI=1S/C14H9Br2N3O/c15-10-2-4-13(9(5-10)7-17)19-14(20)8-1-3-12(18)11(16)6-8/h1-6H,18H2,(H,19,20). The quantitative estimate of drug-likeness (QED) is 0.757. The second kappa shape index (κ2) is 6.07. The van der Waals surface area contributed by atoms with Gasteiger partial charge in [-0.25, -0.2) is 0 Å². The van der Waals surface area contributed by atoms with Crippen molar-refractivity contribution in [1.82, 2.24) is 0 Å². The first-order valence-electron chi connectivity index (χ1n) is 5.57. The van der Waals surface area contributed by atoms with E-state index >= 15 is 0 Å². The molecule has 0 bridgehead atoms. The van der Waals surface area contributed by atoms with E-state index in [9.17, 15) is 4.79 Å². The number of benzene rings is 2. The van der Waals surface area contributed by atoms with E-state index < -0.39 is 0 Å². The fourth-order valence-corrected chi connectivity index (χ4v) is 2.32. The Morgan fingerprint density at radius 2 is 1.95 bits per heavy atom. The lowest BCUT2D eigenvalue weighted by molar-refractivity contribution is 0.102. The van der Waals surface area contributed by atoms with Crippen LogP contribution in [0.15, 0.2) is 45.3 Å². The van der Waals surface area contributed by atoms with Gasteiger partial charge in [-0.2, -0.15) is 5.26 Å². The van der Waals surface area contributed by atoms with Crippen molar-refractivity contribution in [3.8, 4) is 6.07 Å². The van der Waals surface area contributed by atoms with Crippen molar-refractivity contribution < 1.29 is 4.79 Å². The molecule has 0 spiro atoms. The fraction of sp³-hybridized carbons (Fsp3) is 0. The van der Waals surface area contributed by atoms with E-state index in [0.29, 0.717) is 27.0 Å². The van der Waals surface area contributed by atoms with E-state index in [1.807, 2.05) is 6.07 Å². The summed E-state index contributed by atoms with van der Waals surface area (Å²) in [6.07, 6.45) is 0. The number of hydrogen-bond donors (Lipinski definition) is 2. The van der Waals surface area contributed by atoms with Gasteiger partial charge in [0.05, 0.1) is 11.3 Å². The van der Waals surface area contributed by atoms with Crippen LogP contribution < -0.4 is 11.1 Å². The zero-order valence-corrected chi connectivity index (χ0v) is 13.3. The van der Waals surface area contributed by atoms with Crippen LogP contribution in [-0.2, 0) is 0 Å². The molecule has 0 aliphatic rings. The number of halogens is 2. The summed E-state index contributed by atoms with van der Waals surface area (Å²) in [5.41, 5.74) is 7.55. The highest BCUT2D eigenvalue weighted by molar-refractivity contribution is 9.10. The van der Waals surface area contributed by atoms with E-state index in [1.54, 1.807) is 36.4 Å². The number of nitrogens with one attached hydrogen (secondary N) is 1. The summed E-state index contributed by atoms with van der Waals surface area (Å²) in [5, 5.41) is 11.8. The first-order chi connectivity index (χ1) is 9.51. The van der Waals surface area contributed by atoms with Gasteiger partial charge in [0.2, 0.25) is 0 Å². The van der Waals surface area contributed by atoms with Gasteiger partial charge in [-0.15, -0.1) is 0 Å². The number of amides is 1. The highest BCUT2D eigenvalue weighted by Crippen LogP contribution is 2.23. The monoisotopic (exact) mass is 393 g/mol. The van der Waals surface area contributed by atoms with Crippen LogP contribution in [0.25, 0.3) is 0 Å². The van der Waals surface area contributed by atoms with Gasteiger partial charge in [0, 0.05) is 20.2 Å². The van der Waals surface area contributed by atoms with Crippen molar-refractivity contribution in [3.05, 3.63) is 56.5 Å². The molecule has 4 nitrogen and oxygen atoms in total. The number of nitriles is 1. The lowest BCUT2D eigenvalue weighted by atomic mass is 10.1. The Morgan fingerprint density at radius 1 is 1.20 bits per heavy atom. The molecule has 0 saturated heterocycles. The van der Waals surface area contributed by atoms with Crippen molar-refractivity contribution >= 4 is 49.1 Å². The Balaban J connectivity index is 2.28. The minimum Gasteiger partial charge on any atom is -0.398 e. The summed E-state index contributed by atoms with van der Waals surface area (Å²) in [5.74, 6) is -0.301. The zero-order chi connectivity index (χ0) is 14.7. The zero-order valence-electron chi connectivity index (χ0n) is 10.2. The van der Waals surface area contributed by atoms with Crippen molar-refractivity contribution in [2.45, 2.75) is 0 Å². The average molecular weight is 395 g/mol.